The molecule has 29 heavy (non-hydrogen) atoms. The Morgan fingerprint density at radius 3 is 2.21 bits per heavy atom. The van der Waals surface area contributed by atoms with Crippen LogP contribution in [0.4, 0.5) is 21.7 Å². The Balaban J connectivity index is 2.46. The Morgan fingerprint density at radius 1 is 1.10 bits per heavy atom. The lowest BCUT2D eigenvalue weighted by Crippen LogP contribution is -2.39. The van der Waals surface area contributed by atoms with Crippen LogP contribution in [0.5, 0.6) is 11.8 Å². The van der Waals surface area contributed by atoms with E-state index in [0.717, 1.165) is 6.07 Å². The minimum atomic E-state index is -0.823. The summed E-state index contributed by atoms with van der Waals surface area (Å²) in [5.74, 6) is -0.898. The number of carbonyl (C=O) groups excluding carboxylic acids is 1. The maximum atomic E-state index is 14.6. The summed E-state index contributed by atoms with van der Waals surface area (Å²) >= 11 is 0. The van der Waals surface area contributed by atoms with Crippen molar-refractivity contribution >= 4 is 23.2 Å². The van der Waals surface area contributed by atoms with Crippen molar-refractivity contribution in [2.24, 2.45) is 11.5 Å². The van der Waals surface area contributed by atoms with Gasteiger partial charge < -0.3 is 31.6 Å². The fraction of sp³-hybridized carbons (Fsp3) is 0.421. The van der Waals surface area contributed by atoms with Crippen LogP contribution in [0.3, 0.4) is 0 Å². The number of methoxy groups -OCH3 is 2. The van der Waals surface area contributed by atoms with Gasteiger partial charge in [-0.1, -0.05) is 13.8 Å². The normalized spacial score (nSPS) is 12.8. The van der Waals surface area contributed by atoms with Crippen molar-refractivity contribution < 1.29 is 18.7 Å². The fourth-order valence-corrected chi connectivity index (χ4v) is 2.74. The third-order valence-corrected chi connectivity index (χ3v) is 4.45. The summed E-state index contributed by atoms with van der Waals surface area (Å²) in [7, 11) is 2.92. The van der Waals surface area contributed by atoms with Crippen molar-refractivity contribution in [1.82, 2.24) is 9.97 Å². The van der Waals surface area contributed by atoms with E-state index in [1.54, 1.807) is 12.1 Å². The number of pyridine rings is 2. The van der Waals surface area contributed by atoms with Gasteiger partial charge in [0.25, 0.3) is 5.91 Å². The average molecular weight is 406 g/mol. The lowest BCUT2D eigenvalue weighted by molar-refractivity contribution is 0.100. The van der Waals surface area contributed by atoms with Crippen LogP contribution in [0.15, 0.2) is 18.2 Å². The highest BCUT2D eigenvalue weighted by molar-refractivity contribution is 5.98. The molecule has 2 heterocycles. The number of halogens is 1. The largest absolute Gasteiger partial charge is 0.481 e. The zero-order valence-corrected chi connectivity index (χ0v) is 17.0. The highest BCUT2D eigenvalue weighted by Gasteiger charge is 2.21. The minimum Gasteiger partial charge on any atom is -0.481 e. The molecule has 0 unspecified atom stereocenters. The van der Waals surface area contributed by atoms with Crippen LogP contribution in [0.1, 0.15) is 37.0 Å². The molecular formula is C19H27FN6O3. The highest BCUT2D eigenvalue weighted by atomic mass is 19.1. The summed E-state index contributed by atoms with van der Waals surface area (Å²) in [6.45, 7) is 3.89. The molecule has 158 valence electrons. The van der Waals surface area contributed by atoms with E-state index in [-0.39, 0.29) is 41.0 Å². The zero-order valence-electron chi connectivity index (χ0n) is 17.0. The molecule has 0 aromatic carbocycles. The maximum Gasteiger partial charge on any atom is 0.252 e. The van der Waals surface area contributed by atoms with Crippen molar-refractivity contribution in [2.45, 2.75) is 38.8 Å². The van der Waals surface area contributed by atoms with Gasteiger partial charge in [-0.25, -0.2) is 9.37 Å². The van der Waals surface area contributed by atoms with E-state index in [1.807, 2.05) is 13.8 Å². The SMILES string of the molecule is CC[C@H](N)[C@@H](CC)Nc1nc(Nc2cc(OC)nc(OC)c2)c(C(N)=O)cc1F. The van der Waals surface area contributed by atoms with Gasteiger partial charge in [0.2, 0.25) is 11.8 Å². The van der Waals surface area contributed by atoms with Crippen LogP contribution < -0.4 is 31.6 Å². The molecule has 2 aromatic rings. The second-order valence-corrected chi connectivity index (χ2v) is 6.38. The van der Waals surface area contributed by atoms with Gasteiger partial charge in [0.1, 0.15) is 5.82 Å². The first-order valence-corrected chi connectivity index (χ1v) is 9.22. The topological polar surface area (TPSA) is 137 Å². The van der Waals surface area contributed by atoms with E-state index in [2.05, 4.69) is 20.6 Å². The van der Waals surface area contributed by atoms with Crippen molar-refractivity contribution in [3.63, 3.8) is 0 Å². The van der Waals surface area contributed by atoms with Crippen LogP contribution in [-0.2, 0) is 0 Å². The van der Waals surface area contributed by atoms with Gasteiger partial charge in [-0.15, -0.1) is 0 Å². The molecule has 0 aliphatic carbocycles. The molecule has 0 aliphatic rings. The summed E-state index contributed by atoms with van der Waals surface area (Å²) in [5.41, 5.74) is 11.9. The summed E-state index contributed by atoms with van der Waals surface area (Å²) in [6.07, 6.45) is 1.39. The number of anilines is 3. The molecule has 10 heteroatoms. The van der Waals surface area contributed by atoms with Gasteiger partial charge in [-0.2, -0.15) is 4.98 Å². The molecule has 9 nitrogen and oxygen atoms in total. The Kier molecular flexibility index (Phi) is 7.54. The summed E-state index contributed by atoms with van der Waals surface area (Å²) in [4.78, 5) is 20.2. The average Bonchev–Trinajstić information content (AvgIpc) is 2.72. The van der Waals surface area contributed by atoms with Crippen LogP contribution in [0.25, 0.3) is 0 Å². The molecule has 0 saturated heterocycles. The number of hydrogen-bond acceptors (Lipinski definition) is 8. The number of rotatable bonds is 10. The molecule has 0 saturated carbocycles. The first-order chi connectivity index (χ1) is 13.8. The van der Waals surface area contributed by atoms with Crippen molar-refractivity contribution in [2.75, 3.05) is 24.9 Å². The van der Waals surface area contributed by atoms with Crippen molar-refractivity contribution in [3.05, 3.63) is 29.6 Å². The molecule has 0 spiro atoms. The fourth-order valence-electron chi connectivity index (χ4n) is 2.74. The summed E-state index contributed by atoms with van der Waals surface area (Å²) < 4.78 is 24.8. The second kappa shape index (κ2) is 9.87. The van der Waals surface area contributed by atoms with Gasteiger partial charge in [0, 0.05) is 24.2 Å². The van der Waals surface area contributed by atoms with E-state index in [0.29, 0.717) is 18.5 Å². The lowest BCUT2D eigenvalue weighted by atomic mass is 10.0. The number of nitrogens with two attached hydrogens (primary N) is 2. The first kappa shape index (κ1) is 22.2. The van der Waals surface area contributed by atoms with Gasteiger partial charge in [0.05, 0.1) is 25.5 Å². The molecule has 6 N–H and O–H groups in total. The van der Waals surface area contributed by atoms with E-state index in [1.165, 1.54) is 14.2 Å². The van der Waals surface area contributed by atoms with Gasteiger partial charge >= 0.3 is 0 Å². The molecule has 0 fully saturated rings. The highest BCUT2D eigenvalue weighted by Crippen LogP contribution is 2.28. The van der Waals surface area contributed by atoms with Crippen LogP contribution in [0, 0.1) is 5.82 Å². The van der Waals surface area contributed by atoms with E-state index in [4.69, 9.17) is 20.9 Å². The van der Waals surface area contributed by atoms with Crippen molar-refractivity contribution in [1.29, 1.82) is 0 Å². The Labute approximate surface area is 169 Å². The predicted octanol–water partition coefficient (Wildman–Crippen LogP) is 2.40. The monoisotopic (exact) mass is 406 g/mol. The molecule has 0 radical (unpaired) electrons. The Morgan fingerprint density at radius 2 is 1.72 bits per heavy atom. The quantitative estimate of drug-likeness (QED) is 0.472. The summed E-state index contributed by atoms with van der Waals surface area (Å²) in [6, 6.07) is 3.83. The number of carbonyl (C=O) groups is 1. The van der Waals surface area contributed by atoms with Gasteiger partial charge in [0.15, 0.2) is 11.6 Å². The van der Waals surface area contributed by atoms with E-state index < -0.39 is 11.7 Å². The van der Waals surface area contributed by atoms with Gasteiger partial charge in [-0.05, 0) is 18.9 Å². The molecule has 2 atom stereocenters. The molecule has 2 aromatic heterocycles. The number of nitrogens with zero attached hydrogens (tertiary/aromatic N) is 2. The van der Waals surface area contributed by atoms with Crippen LogP contribution in [-0.4, -0.2) is 42.2 Å². The smallest absolute Gasteiger partial charge is 0.252 e. The lowest BCUT2D eigenvalue weighted by Gasteiger charge is -2.24. The minimum absolute atomic E-state index is 0.0266. The number of hydrogen-bond donors (Lipinski definition) is 4. The number of amides is 1. The molecule has 2 rings (SSSR count). The Bertz CT molecular complexity index is 842. The molecule has 1 amide bonds. The van der Waals surface area contributed by atoms with E-state index in [9.17, 15) is 9.18 Å². The summed E-state index contributed by atoms with van der Waals surface area (Å²) in [5, 5.41) is 5.98. The predicted molar refractivity (Wildman–Crippen MR) is 109 cm³/mol. The molecule has 0 aliphatic heterocycles. The second-order valence-electron chi connectivity index (χ2n) is 6.38. The van der Waals surface area contributed by atoms with Crippen LogP contribution >= 0.6 is 0 Å². The third kappa shape index (κ3) is 5.44. The number of aromatic nitrogens is 2. The molecular weight excluding hydrogens is 379 g/mol. The first-order valence-electron chi connectivity index (χ1n) is 9.22. The zero-order chi connectivity index (χ0) is 21.6. The Hall–Kier alpha value is -3.14. The standard InChI is InChI=1S/C19H27FN6O3/c1-5-13(21)14(6-2)24-19-12(20)9-11(17(22)27)18(26-19)23-10-7-15(28-3)25-16(8-10)29-4/h7-9,13-14H,5-6,21H2,1-4H3,(H2,22,27)(H2,23,24,25,26)/t13-,14+/m0/s1. The number of ether oxygens (including phenoxy) is 2. The third-order valence-electron chi connectivity index (χ3n) is 4.45. The van der Waals surface area contributed by atoms with Gasteiger partial charge in [-0.3, -0.25) is 4.79 Å². The molecule has 0 bridgehead atoms. The van der Waals surface area contributed by atoms with E-state index >= 15 is 0 Å². The maximum absolute atomic E-state index is 14.6. The van der Waals surface area contributed by atoms with Crippen LogP contribution in [0.2, 0.25) is 0 Å². The van der Waals surface area contributed by atoms with Crippen molar-refractivity contribution in [3.8, 4) is 11.8 Å². The number of nitrogens with one attached hydrogen (secondary N) is 2. The number of primary amides is 1.